The van der Waals surface area contributed by atoms with Crippen LogP contribution in [0.3, 0.4) is 0 Å². The normalized spacial score (nSPS) is 19.8. The molecule has 4 rings (SSSR count). The Morgan fingerprint density at radius 3 is 2.69 bits per heavy atom. The predicted octanol–water partition coefficient (Wildman–Crippen LogP) is 2.16. The van der Waals surface area contributed by atoms with E-state index in [1.807, 2.05) is 33.7 Å². The Morgan fingerprint density at radius 2 is 1.97 bits per heavy atom. The van der Waals surface area contributed by atoms with E-state index in [-0.39, 0.29) is 11.4 Å². The number of carbonyl (C=O) groups excluding carboxylic acids is 1. The number of hydrogen-bond donors (Lipinski definition) is 1. The summed E-state index contributed by atoms with van der Waals surface area (Å²) in [6.07, 6.45) is 8.35. The van der Waals surface area contributed by atoms with Gasteiger partial charge in [-0.2, -0.15) is 0 Å². The molecule has 7 heteroatoms. The quantitative estimate of drug-likeness (QED) is 0.807. The number of carbonyl (C=O) groups is 1. The SMILES string of the molecule is CN(C)C1(CNCc2c(C(=O)N3CCOCC3)nc3ccccn23)CCCCC1. The molecule has 0 radical (unpaired) electrons. The van der Waals surface area contributed by atoms with Crippen LogP contribution in [0.4, 0.5) is 0 Å². The van der Waals surface area contributed by atoms with Gasteiger partial charge in [0.1, 0.15) is 5.65 Å². The smallest absolute Gasteiger partial charge is 0.274 e. The molecule has 0 aromatic carbocycles. The first-order chi connectivity index (χ1) is 14.1. The number of nitrogens with zero attached hydrogens (tertiary/aromatic N) is 4. The van der Waals surface area contributed by atoms with Gasteiger partial charge in [-0.3, -0.25) is 4.79 Å². The van der Waals surface area contributed by atoms with Crippen LogP contribution < -0.4 is 5.32 Å². The van der Waals surface area contributed by atoms with Crippen LogP contribution in [0.25, 0.3) is 5.65 Å². The zero-order chi connectivity index (χ0) is 20.3. The fourth-order valence-electron chi connectivity index (χ4n) is 4.71. The number of ether oxygens (including phenoxy) is 1. The lowest BCUT2D eigenvalue weighted by molar-refractivity contribution is 0.0298. The van der Waals surface area contributed by atoms with E-state index in [0.29, 0.717) is 38.5 Å². The molecule has 0 spiro atoms. The zero-order valence-corrected chi connectivity index (χ0v) is 17.7. The second-order valence-corrected chi connectivity index (χ2v) is 8.52. The number of pyridine rings is 1. The molecule has 0 bridgehead atoms. The van der Waals surface area contributed by atoms with Crippen molar-refractivity contribution < 1.29 is 9.53 Å². The molecule has 1 aliphatic carbocycles. The first-order valence-electron chi connectivity index (χ1n) is 10.8. The van der Waals surface area contributed by atoms with Crippen molar-refractivity contribution in [1.82, 2.24) is 24.5 Å². The van der Waals surface area contributed by atoms with Crippen LogP contribution >= 0.6 is 0 Å². The van der Waals surface area contributed by atoms with E-state index in [1.54, 1.807) is 0 Å². The Bertz CT molecular complexity index is 835. The van der Waals surface area contributed by atoms with Gasteiger partial charge in [-0.05, 0) is 39.1 Å². The molecule has 3 heterocycles. The Morgan fingerprint density at radius 1 is 1.21 bits per heavy atom. The highest BCUT2D eigenvalue weighted by molar-refractivity contribution is 5.94. The monoisotopic (exact) mass is 399 g/mol. The van der Waals surface area contributed by atoms with Crippen LogP contribution in [0.5, 0.6) is 0 Å². The zero-order valence-electron chi connectivity index (χ0n) is 17.7. The number of nitrogens with one attached hydrogen (secondary N) is 1. The summed E-state index contributed by atoms with van der Waals surface area (Å²) in [6, 6.07) is 5.91. The summed E-state index contributed by atoms with van der Waals surface area (Å²) in [5.74, 6) is 0.00814. The molecular formula is C22H33N5O2. The maximum absolute atomic E-state index is 13.2. The molecule has 1 saturated heterocycles. The van der Waals surface area contributed by atoms with Crippen molar-refractivity contribution in [2.75, 3.05) is 46.9 Å². The van der Waals surface area contributed by atoms with Crippen LogP contribution in [-0.4, -0.2) is 77.6 Å². The summed E-state index contributed by atoms with van der Waals surface area (Å²) in [5, 5.41) is 3.67. The minimum absolute atomic E-state index is 0.00814. The van der Waals surface area contributed by atoms with Gasteiger partial charge < -0.3 is 24.3 Å². The van der Waals surface area contributed by atoms with Gasteiger partial charge in [0, 0.05) is 37.9 Å². The second kappa shape index (κ2) is 8.81. The van der Waals surface area contributed by atoms with Crippen LogP contribution in [0.15, 0.2) is 24.4 Å². The number of imidazole rings is 1. The topological polar surface area (TPSA) is 62.1 Å². The maximum atomic E-state index is 13.2. The lowest BCUT2D eigenvalue weighted by atomic mass is 9.80. The average molecular weight is 400 g/mol. The fraction of sp³-hybridized carbons (Fsp3) is 0.636. The number of amides is 1. The Balaban J connectivity index is 1.55. The molecule has 1 amide bonds. The fourth-order valence-corrected chi connectivity index (χ4v) is 4.71. The van der Waals surface area contributed by atoms with Crippen LogP contribution in [-0.2, 0) is 11.3 Å². The molecule has 29 heavy (non-hydrogen) atoms. The van der Waals surface area contributed by atoms with Crippen molar-refractivity contribution in [2.24, 2.45) is 0 Å². The molecule has 158 valence electrons. The van der Waals surface area contributed by atoms with Gasteiger partial charge in [0.05, 0.1) is 18.9 Å². The summed E-state index contributed by atoms with van der Waals surface area (Å²) in [6.45, 7) is 4.00. The van der Waals surface area contributed by atoms with E-state index in [2.05, 4.69) is 29.3 Å². The highest BCUT2D eigenvalue weighted by Crippen LogP contribution is 2.31. The molecule has 2 fully saturated rings. The summed E-state index contributed by atoms with van der Waals surface area (Å²) >= 11 is 0. The molecule has 0 atom stereocenters. The summed E-state index contributed by atoms with van der Waals surface area (Å²) in [4.78, 5) is 22.1. The number of aromatic nitrogens is 2. The first kappa shape index (κ1) is 20.3. The Hall–Kier alpha value is -1.96. The lowest BCUT2D eigenvalue weighted by Gasteiger charge is -2.43. The number of likely N-dealkylation sites (N-methyl/N-ethyl adjacent to an activating group) is 1. The molecule has 1 saturated carbocycles. The first-order valence-corrected chi connectivity index (χ1v) is 10.8. The van der Waals surface area contributed by atoms with E-state index >= 15 is 0 Å². The Kier molecular flexibility index (Phi) is 6.18. The van der Waals surface area contributed by atoms with Crippen molar-refractivity contribution >= 4 is 11.6 Å². The third-order valence-electron chi connectivity index (χ3n) is 6.61. The molecule has 1 aliphatic heterocycles. The van der Waals surface area contributed by atoms with Crippen LogP contribution in [0, 0.1) is 0 Å². The summed E-state index contributed by atoms with van der Waals surface area (Å²) < 4.78 is 7.45. The highest BCUT2D eigenvalue weighted by atomic mass is 16.5. The molecule has 0 unspecified atom stereocenters. The molecule has 2 aromatic rings. The number of fused-ring (bicyclic) bond motifs is 1. The van der Waals surface area contributed by atoms with Gasteiger partial charge in [0.15, 0.2) is 5.69 Å². The van der Waals surface area contributed by atoms with Gasteiger partial charge in [0.25, 0.3) is 5.91 Å². The summed E-state index contributed by atoms with van der Waals surface area (Å²) in [5.41, 5.74) is 2.53. The molecule has 2 aromatic heterocycles. The van der Waals surface area contributed by atoms with Gasteiger partial charge in [-0.15, -0.1) is 0 Å². The van der Waals surface area contributed by atoms with Crippen molar-refractivity contribution in [3.8, 4) is 0 Å². The third kappa shape index (κ3) is 4.17. The van der Waals surface area contributed by atoms with E-state index in [9.17, 15) is 4.79 Å². The lowest BCUT2D eigenvalue weighted by Crippen LogP contribution is -2.52. The predicted molar refractivity (Wildman–Crippen MR) is 113 cm³/mol. The van der Waals surface area contributed by atoms with E-state index in [0.717, 1.165) is 17.9 Å². The molecule has 7 nitrogen and oxygen atoms in total. The number of rotatable bonds is 6. The average Bonchev–Trinajstić information content (AvgIpc) is 3.13. The van der Waals surface area contributed by atoms with E-state index < -0.39 is 0 Å². The summed E-state index contributed by atoms with van der Waals surface area (Å²) in [7, 11) is 4.38. The van der Waals surface area contributed by atoms with Gasteiger partial charge >= 0.3 is 0 Å². The van der Waals surface area contributed by atoms with Gasteiger partial charge in [-0.25, -0.2) is 4.98 Å². The Labute approximate surface area is 173 Å². The van der Waals surface area contributed by atoms with Crippen molar-refractivity contribution in [3.05, 3.63) is 35.8 Å². The van der Waals surface area contributed by atoms with Crippen molar-refractivity contribution in [2.45, 2.75) is 44.2 Å². The highest BCUT2D eigenvalue weighted by Gasteiger charge is 2.34. The third-order valence-corrected chi connectivity index (χ3v) is 6.61. The van der Waals surface area contributed by atoms with Gasteiger partial charge in [0.2, 0.25) is 0 Å². The minimum atomic E-state index is 0.00814. The van der Waals surface area contributed by atoms with Crippen molar-refractivity contribution in [1.29, 1.82) is 0 Å². The number of morpholine rings is 1. The van der Waals surface area contributed by atoms with Gasteiger partial charge in [-0.1, -0.05) is 25.3 Å². The molecular weight excluding hydrogens is 366 g/mol. The maximum Gasteiger partial charge on any atom is 0.274 e. The molecule has 2 aliphatic rings. The van der Waals surface area contributed by atoms with E-state index in [1.165, 1.54) is 32.1 Å². The number of hydrogen-bond acceptors (Lipinski definition) is 5. The standard InChI is InChI=1S/C22H33N5O2/c1-25(2)22(9-5-3-6-10-22)17-23-16-18-20(21(28)26-12-14-29-15-13-26)24-19-8-4-7-11-27(18)19/h4,7-8,11,23H,3,5-6,9-10,12-17H2,1-2H3. The van der Waals surface area contributed by atoms with Crippen LogP contribution in [0.2, 0.25) is 0 Å². The van der Waals surface area contributed by atoms with Crippen LogP contribution in [0.1, 0.15) is 48.3 Å². The van der Waals surface area contributed by atoms with E-state index in [4.69, 9.17) is 4.74 Å². The molecule has 1 N–H and O–H groups in total. The van der Waals surface area contributed by atoms with Crippen molar-refractivity contribution in [3.63, 3.8) is 0 Å². The second-order valence-electron chi connectivity index (χ2n) is 8.52. The minimum Gasteiger partial charge on any atom is -0.378 e. The largest absolute Gasteiger partial charge is 0.378 e.